The van der Waals surface area contributed by atoms with Gasteiger partial charge in [0, 0.05) is 31.4 Å². The molecule has 2 atom stereocenters. The van der Waals surface area contributed by atoms with E-state index in [0.717, 1.165) is 13.1 Å². The van der Waals surface area contributed by atoms with E-state index in [2.05, 4.69) is 21.6 Å². The second-order valence-corrected chi connectivity index (χ2v) is 7.39. The Morgan fingerprint density at radius 3 is 2.58 bits per heavy atom. The van der Waals surface area contributed by atoms with Crippen molar-refractivity contribution >= 4 is 10.0 Å². The van der Waals surface area contributed by atoms with Gasteiger partial charge in [-0.15, -0.1) is 0 Å². The molecular formula is C12H22N4O2S. The van der Waals surface area contributed by atoms with Gasteiger partial charge in [0.05, 0.1) is 6.20 Å². The summed E-state index contributed by atoms with van der Waals surface area (Å²) in [7, 11) is -1.47. The van der Waals surface area contributed by atoms with Crippen molar-refractivity contribution < 1.29 is 8.42 Å². The van der Waals surface area contributed by atoms with E-state index in [1.165, 1.54) is 6.20 Å². The van der Waals surface area contributed by atoms with E-state index in [1.54, 1.807) is 10.9 Å². The number of nitrogens with one attached hydrogen (secondary N) is 1. The maximum atomic E-state index is 12.3. The number of rotatable bonds is 4. The fraction of sp³-hybridized carbons (Fsp3) is 0.750. The summed E-state index contributed by atoms with van der Waals surface area (Å²) < 4.78 is 29.0. The van der Waals surface area contributed by atoms with Crippen LogP contribution in [0.15, 0.2) is 17.3 Å². The minimum absolute atomic E-state index is 0.0302. The van der Waals surface area contributed by atoms with Gasteiger partial charge in [0.1, 0.15) is 4.90 Å². The standard InChI is InChI=1S/C12H22N4O2S/c1-9(2)16-7-11(5-13-16)19(17,18)14-12-8-15(4)6-10(12)3/h5,7,9-10,12,14H,6,8H2,1-4H3/t10-,12+/m1/s1. The summed E-state index contributed by atoms with van der Waals surface area (Å²) >= 11 is 0. The molecule has 108 valence electrons. The molecule has 0 amide bonds. The number of aromatic nitrogens is 2. The van der Waals surface area contributed by atoms with Gasteiger partial charge in [-0.3, -0.25) is 4.68 Å². The lowest BCUT2D eigenvalue weighted by Crippen LogP contribution is -2.39. The van der Waals surface area contributed by atoms with Crippen LogP contribution in [0.1, 0.15) is 26.8 Å². The first-order valence-corrected chi connectivity index (χ1v) is 8.03. The van der Waals surface area contributed by atoms with E-state index in [9.17, 15) is 8.42 Å². The van der Waals surface area contributed by atoms with E-state index < -0.39 is 10.0 Å². The summed E-state index contributed by atoms with van der Waals surface area (Å²) in [5.74, 6) is 0.319. The molecule has 6 nitrogen and oxygen atoms in total. The van der Waals surface area contributed by atoms with Crippen LogP contribution in [0.5, 0.6) is 0 Å². The number of nitrogens with zero attached hydrogens (tertiary/aromatic N) is 3. The van der Waals surface area contributed by atoms with Crippen molar-refractivity contribution in [2.24, 2.45) is 5.92 Å². The molecule has 2 rings (SSSR count). The van der Waals surface area contributed by atoms with Gasteiger partial charge in [0.15, 0.2) is 0 Å². The normalized spacial score (nSPS) is 25.3. The Bertz CT molecular complexity index is 538. The van der Waals surface area contributed by atoms with Crippen LogP contribution in [0.2, 0.25) is 0 Å². The molecule has 19 heavy (non-hydrogen) atoms. The van der Waals surface area contributed by atoms with Crippen molar-refractivity contribution in [3.63, 3.8) is 0 Å². The zero-order valence-electron chi connectivity index (χ0n) is 11.9. The van der Waals surface area contributed by atoms with E-state index in [4.69, 9.17) is 0 Å². The first-order valence-electron chi connectivity index (χ1n) is 6.54. The highest BCUT2D eigenvalue weighted by Gasteiger charge is 2.31. The molecule has 1 aliphatic rings. The Balaban J connectivity index is 2.13. The molecule has 0 saturated carbocycles. The molecule has 2 heterocycles. The fourth-order valence-electron chi connectivity index (χ4n) is 2.37. The van der Waals surface area contributed by atoms with E-state index in [-0.39, 0.29) is 17.0 Å². The summed E-state index contributed by atoms with van der Waals surface area (Å²) in [6.07, 6.45) is 2.99. The maximum Gasteiger partial charge on any atom is 0.243 e. The SMILES string of the molecule is CC(C)n1cc(S(=O)(=O)N[C@H]2CN(C)C[C@H]2C)cn1. The molecule has 0 spiro atoms. The highest BCUT2D eigenvalue weighted by Crippen LogP contribution is 2.18. The minimum atomic E-state index is -3.47. The molecule has 1 aromatic rings. The van der Waals surface area contributed by atoms with Crippen LogP contribution in [0, 0.1) is 5.92 Å². The van der Waals surface area contributed by atoms with Gasteiger partial charge in [-0.25, -0.2) is 13.1 Å². The molecule has 1 N–H and O–H groups in total. The molecule has 1 aromatic heterocycles. The molecule has 1 aliphatic heterocycles. The highest BCUT2D eigenvalue weighted by atomic mass is 32.2. The van der Waals surface area contributed by atoms with E-state index in [1.807, 2.05) is 20.9 Å². The van der Waals surface area contributed by atoms with Crippen molar-refractivity contribution in [2.75, 3.05) is 20.1 Å². The number of likely N-dealkylation sites (N-methyl/N-ethyl adjacent to an activating group) is 1. The van der Waals surface area contributed by atoms with Gasteiger partial charge in [0.2, 0.25) is 10.0 Å². The van der Waals surface area contributed by atoms with Crippen molar-refractivity contribution in [2.45, 2.75) is 37.8 Å². The number of sulfonamides is 1. The van der Waals surface area contributed by atoms with Gasteiger partial charge in [-0.05, 0) is 26.8 Å². The van der Waals surface area contributed by atoms with Crippen molar-refractivity contribution in [3.8, 4) is 0 Å². The number of hydrogen-bond donors (Lipinski definition) is 1. The lowest BCUT2D eigenvalue weighted by molar-refractivity contribution is 0.400. The molecule has 7 heteroatoms. The average Bonchev–Trinajstić information content (AvgIpc) is 2.86. The van der Waals surface area contributed by atoms with Gasteiger partial charge in [0.25, 0.3) is 0 Å². The predicted octanol–water partition coefficient (Wildman–Crippen LogP) is 0.692. The third-order valence-corrected chi connectivity index (χ3v) is 4.96. The topological polar surface area (TPSA) is 67.2 Å². The highest BCUT2D eigenvalue weighted by molar-refractivity contribution is 7.89. The Kier molecular flexibility index (Phi) is 3.98. The lowest BCUT2D eigenvalue weighted by atomic mass is 10.1. The molecule has 0 aliphatic carbocycles. The summed E-state index contributed by atoms with van der Waals surface area (Å²) in [5.41, 5.74) is 0. The van der Waals surface area contributed by atoms with Crippen molar-refractivity contribution in [1.82, 2.24) is 19.4 Å². The fourth-order valence-corrected chi connectivity index (χ4v) is 3.65. The number of likely N-dealkylation sites (tertiary alicyclic amines) is 1. The van der Waals surface area contributed by atoms with Crippen LogP contribution >= 0.6 is 0 Å². The molecule has 0 aromatic carbocycles. The van der Waals surface area contributed by atoms with Gasteiger partial charge in [-0.1, -0.05) is 6.92 Å². The first-order chi connectivity index (χ1) is 8.79. The second kappa shape index (κ2) is 5.22. The van der Waals surface area contributed by atoms with Crippen molar-refractivity contribution in [3.05, 3.63) is 12.4 Å². The van der Waals surface area contributed by atoms with Crippen LogP contribution in [-0.2, 0) is 10.0 Å². The molecule has 1 saturated heterocycles. The van der Waals surface area contributed by atoms with Gasteiger partial charge >= 0.3 is 0 Å². The Morgan fingerprint density at radius 2 is 2.11 bits per heavy atom. The predicted molar refractivity (Wildman–Crippen MR) is 73.4 cm³/mol. The third kappa shape index (κ3) is 3.16. The minimum Gasteiger partial charge on any atom is -0.304 e. The van der Waals surface area contributed by atoms with Crippen LogP contribution < -0.4 is 4.72 Å². The third-order valence-electron chi connectivity index (χ3n) is 3.52. The summed E-state index contributed by atoms with van der Waals surface area (Å²) in [4.78, 5) is 2.37. The van der Waals surface area contributed by atoms with Gasteiger partial charge in [-0.2, -0.15) is 5.10 Å². The van der Waals surface area contributed by atoms with Crippen molar-refractivity contribution in [1.29, 1.82) is 0 Å². The van der Waals surface area contributed by atoms with Crippen LogP contribution in [0.25, 0.3) is 0 Å². The largest absolute Gasteiger partial charge is 0.304 e. The quantitative estimate of drug-likeness (QED) is 0.884. The van der Waals surface area contributed by atoms with Crippen LogP contribution in [0.3, 0.4) is 0 Å². The molecule has 1 fully saturated rings. The number of hydrogen-bond acceptors (Lipinski definition) is 4. The van der Waals surface area contributed by atoms with E-state index >= 15 is 0 Å². The summed E-state index contributed by atoms with van der Waals surface area (Å²) in [6.45, 7) is 7.65. The second-order valence-electron chi connectivity index (χ2n) is 5.68. The zero-order chi connectivity index (χ0) is 14.2. The smallest absolute Gasteiger partial charge is 0.243 e. The monoisotopic (exact) mass is 286 g/mol. The van der Waals surface area contributed by atoms with Crippen LogP contribution in [0.4, 0.5) is 0 Å². The summed E-state index contributed by atoms with van der Waals surface area (Å²) in [6, 6.07) is 0.123. The average molecular weight is 286 g/mol. The molecule has 0 unspecified atom stereocenters. The summed E-state index contributed by atoms with van der Waals surface area (Å²) in [5, 5.41) is 4.08. The lowest BCUT2D eigenvalue weighted by Gasteiger charge is -2.15. The van der Waals surface area contributed by atoms with E-state index in [0.29, 0.717) is 5.92 Å². The first kappa shape index (κ1) is 14.5. The molecule has 0 radical (unpaired) electrons. The Hall–Kier alpha value is -0.920. The zero-order valence-corrected chi connectivity index (χ0v) is 12.7. The Morgan fingerprint density at radius 1 is 1.42 bits per heavy atom. The molecule has 0 bridgehead atoms. The Labute approximate surface area is 114 Å². The molecular weight excluding hydrogens is 264 g/mol. The van der Waals surface area contributed by atoms with Gasteiger partial charge < -0.3 is 4.90 Å². The maximum absolute atomic E-state index is 12.3. The van der Waals surface area contributed by atoms with Crippen LogP contribution in [-0.4, -0.2) is 49.3 Å².